The minimum atomic E-state index is 0.0574. The number of ether oxygens (including phenoxy) is 1. The number of H-pyrrole nitrogens is 1. The molecule has 5 nitrogen and oxygen atoms in total. The molecule has 1 saturated heterocycles. The molecule has 0 radical (unpaired) electrons. The second-order valence-corrected chi connectivity index (χ2v) is 5.19. The topological polar surface area (TPSA) is 97.3 Å². The van der Waals surface area contributed by atoms with Gasteiger partial charge in [0.1, 0.15) is 11.6 Å². The first-order valence-electron chi connectivity index (χ1n) is 7.00. The lowest BCUT2D eigenvalue weighted by Crippen LogP contribution is -2.00. The average molecular weight is 285 g/mol. The van der Waals surface area contributed by atoms with E-state index in [0.29, 0.717) is 17.1 Å². The van der Waals surface area contributed by atoms with E-state index in [1.54, 1.807) is 24.3 Å². The molecule has 0 amide bonds. The molecule has 3 rings (SSSR count). The van der Waals surface area contributed by atoms with Crippen LogP contribution in [-0.2, 0) is 4.74 Å². The second-order valence-electron chi connectivity index (χ2n) is 5.19. The summed E-state index contributed by atoms with van der Waals surface area (Å²) < 4.78 is 5.71. The van der Waals surface area contributed by atoms with Crippen LogP contribution in [0.25, 0.3) is 11.8 Å². The molecule has 1 aromatic carbocycles. The average Bonchev–Trinajstić information content (AvgIpc) is 3.10. The largest absolute Gasteiger partial charge is 0.507 e. The number of para-hydroxylation sites is 1. The SMILES string of the molecule is N/C(=C\c1c(C2CCCO2)c[nH]c1N)c1ccccc1O. The van der Waals surface area contributed by atoms with Crippen LogP contribution in [0.5, 0.6) is 5.75 Å². The fourth-order valence-electron chi connectivity index (χ4n) is 2.67. The van der Waals surface area contributed by atoms with Crippen LogP contribution >= 0.6 is 0 Å². The van der Waals surface area contributed by atoms with E-state index >= 15 is 0 Å². The van der Waals surface area contributed by atoms with Crippen LogP contribution in [0, 0.1) is 0 Å². The van der Waals surface area contributed by atoms with E-state index in [9.17, 15) is 5.11 Å². The summed E-state index contributed by atoms with van der Waals surface area (Å²) in [6.07, 6.45) is 5.75. The Morgan fingerprint density at radius 1 is 1.38 bits per heavy atom. The molecule has 110 valence electrons. The van der Waals surface area contributed by atoms with Gasteiger partial charge >= 0.3 is 0 Å². The van der Waals surface area contributed by atoms with Gasteiger partial charge in [-0.3, -0.25) is 0 Å². The monoisotopic (exact) mass is 285 g/mol. The number of aromatic hydroxyl groups is 1. The van der Waals surface area contributed by atoms with Crippen LogP contribution in [0.3, 0.4) is 0 Å². The Morgan fingerprint density at radius 2 is 2.19 bits per heavy atom. The van der Waals surface area contributed by atoms with Crippen molar-refractivity contribution in [3.8, 4) is 5.75 Å². The van der Waals surface area contributed by atoms with Crippen molar-refractivity contribution in [2.75, 3.05) is 12.3 Å². The van der Waals surface area contributed by atoms with Gasteiger partial charge in [0.2, 0.25) is 0 Å². The molecular formula is C16H19N3O2. The van der Waals surface area contributed by atoms with Gasteiger partial charge in [-0.15, -0.1) is 0 Å². The van der Waals surface area contributed by atoms with Gasteiger partial charge in [-0.1, -0.05) is 12.1 Å². The quantitative estimate of drug-likeness (QED) is 0.697. The molecule has 1 aliphatic heterocycles. The van der Waals surface area contributed by atoms with Gasteiger partial charge in [-0.05, 0) is 31.1 Å². The zero-order valence-electron chi connectivity index (χ0n) is 11.7. The van der Waals surface area contributed by atoms with Gasteiger partial charge in [0.15, 0.2) is 0 Å². The summed E-state index contributed by atoms with van der Waals surface area (Å²) in [5, 5.41) is 9.88. The second kappa shape index (κ2) is 5.54. The van der Waals surface area contributed by atoms with Crippen LogP contribution < -0.4 is 11.5 Å². The highest BCUT2D eigenvalue weighted by atomic mass is 16.5. The number of hydrogen-bond acceptors (Lipinski definition) is 4. The number of aromatic amines is 1. The third kappa shape index (κ3) is 2.60. The number of phenolic OH excluding ortho intramolecular Hbond substituents is 1. The molecule has 0 spiro atoms. The first kappa shape index (κ1) is 13.6. The van der Waals surface area contributed by atoms with Crippen molar-refractivity contribution >= 4 is 17.6 Å². The van der Waals surface area contributed by atoms with Gasteiger partial charge in [0.05, 0.1) is 6.10 Å². The van der Waals surface area contributed by atoms with E-state index in [0.717, 1.165) is 30.6 Å². The Balaban J connectivity index is 1.99. The van der Waals surface area contributed by atoms with Crippen LogP contribution in [-0.4, -0.2) is 16.7 Å². The van der Waals surface area contributed by atoms with Gasteiger partial charge < -0.3 is 26.3 Å². The summed E-state index contributed by atoms with van der Waals surface area (Å²) >= 11 is 0. The predicted molar refractivity (Wildman–Crippen MR) is 83.3 cm³/mol. The van der Waals surface area contributed by atoms with E-state index < -0.39 is 0 Å². The van der Waals surface area contributed by atoms with Crippen molar-refractivity contribution in [2.24, 2.45) is 5.73 Å². The maximum Gasteiger partial charge on any atom is 0.124 e. The summed E-state index contributed by atoms with van der Waals surface area (Å²) in [7, 11) is 0. The Bertz CT molecular complexity index is 670. The minimum Gasteiger partial charge on any atom is -0.507 e. The number of nitrogens with one attached hydrogen (secondary N) is 1. The fraction of sp³-hybridized carbons (Fsp3) is 0.250. The molecule has 0 aliphatic carbocycles. The maximum atomic E-state index is 9.88. The van der Waals surface area contributed by atoms with Crippen molar-refractivity contribution in [1.29, 1.82) is 0 Å². The highest BCUT2D eigenvalue weighted by molar-refractivity contribution is 5.85. The number of nitrogen functional groups attached to an aromatic ring is 1. The number of benzene rings is 1. The van der Waals surface area contributed by atoms with Crippen LogP contribution in [0.1, 0.15) is 35.6 Å². The predicted octanol–water partition coefficient (Wildman–Crippen LogP) is 2.61. The smallest absolute Gasteiger partial charge is 0.124 e. The molecule has 0 saturated carbocycles. The van der Waals surface area contributed by atoms with E-state index in [-0.39, 0.29) is 11.9 Å². The number of anilines is 1. The maximum absolute atomic E-state index is 9.88. The molecule has 0 bridgehead atoms. The third-order valence-corrected chi connectivity index (χ3v) is 3.78. The van der Waals surface area contributed by atoms with E-state index in [1.807, 2.05) is 12.3 Å². The van der Waals surface area contributed by atoms with Gasteiger partial charge in [0, 0.05) is 35.2 Å². The van der Waals surface area contributed by atoms with Gasteiger partial charge in [0.25, 0.3) is 0 Å². The van der Waals surface area contributed by atoms with Crippen molar-refractivity contribution < 1.29 is 9.84 Å². The molecule has 21 heavy (non-hydrogen) atoms. The highest BCUT2D eigenvalue weighted by Gasteiger charge is 2.22. The molecule has 2 aromatic rings. The highest BCUT2D eigenvalue weighted by Crippen LogP contribution is 2.35. The van der Waals surface area contributed by atoms with Crippen LogP contribution in [0.4, 0.5) is 5.82 Å². The zero-order valence-corrected chi connectivity index (χ0v) is 11.7. The van der Waals surface area contributed by atoms with E-state index in [1.165, 1.54) is 0 Å². The molecule has 1 atom stereocenters. The number of aromatic nitrogens is 1. The number of hydrogen-bond donors (Lipinski definition) is 4. The third-order valence-electron chi connectivity index (χ3n) is 3.78. The zero-order chi connectivity index (χ0) is 14.8. The van der Waals surface area contributed by atoms with E-state index in [4.69, 9.17) is 16.2 Å². The summed E-state index contributed by atoms with van der Waals surface area (Å²) in [5.41, 5.74) is 15.0. The Labute approximate surface area is 123 Å². The lowest BCUT2D eigenvalue weighted by Gasteiger charge is -2.10. The van der Waals surface area contributed by atoms with Gasteiger partial charge in [-0.2, -0.15) is 0 Å². The molecule has 1 aromatic heterocycles. The molecule has 1 aliphatic rings. The lowest BCUT2D eigenvalue weighted by molar-refractivity contribution is 0.112. The standard InChI is InChI=1S/C16H19N3O2/c17-13(10-4-1-2-5-14(10)20)8-11-12(9-19-16(11)18)15-6-3-7-21-15/h1-2,4-5,8-9,15,19-20H,3,6-7,17-18H2/b13-8-. The molecular weight excluding hydrogens is 266 g/mol. The Kier molecular flexibility index (Phi) is 3.58. The molecule has 1 fully saturated rings. The molecule has 2 heterocycles. The van der Waals surface area contributed by atoms with E-state index in [2.05, 4.69) is 4.98 Å². The van der Waals surface area contributed by atoms with Crippen molar-refractivity contribution in [2.45, 2.75) is 18.9 Å². The fourth-order valence-corrected chi connectivity index (χ4v) is 2.67. The van der Waals surface area contributed by atoms with Crippen molar-refractivity contribution in [3.63, 3.8) is 0 Å². The Morgan fingerprint density at radius 3 is 2.90 bits per heavy atom. The van der Waals surface area contributed by atoms with Crippen LogP contribution in [0.15, 0.2) is 30.5 Å². The molecule has 1 unspecified atom stereocenters. The van der Waals surface area contributed by atoms with Gasteiger partial charge in [-0.25, -0.2) is 0 Å². The molecule has 6 N–H and O–H groups in total. The number of phenols is 1. The normalized spacial score (nSPS) is 19.0. The van der Waals surface area contributed by atoms with Crippen molar-refractivity contribution in [3.05, 3.63) is 47.2 Å². The summed E-state index contributed by atoms with van der Waals surface area (Å²) in [6, 6.07) is 6.97. The number of nitrogens with two attached hydrogens (primary N) is 2. The summed E-state index contributed by atoms with van der Waals surface area (Å²) in [6.45, 7) is 0.772. The van der Waals surface area contributed by atoms with Crippen LogP contribution in [0.2, 0.25) is 0 Å². The minimum absolute atomic E-state index is 0.0574. The van der Waals surface area contributed by atoms with Crippen molar-refractivity contribution in [1.82, 2.24) is 4.98 Å². The Hall–Kier alpha value is -2.40. The molecule has 5 heteroatoms. The lowest BCUT2D eigenvalue weighted by atomic mass is 10.0. The summed E-state index contributed by atoms with van der Waals surface area (Å²) in [4.78, 5) is 3.02. The number of rotatable bonds is 3. The first-order valence-corrected chi connectivity index (χ1v) is 7.00. The first-order chi connectivity index (χ1) is 10.2. The summed E-state index contributed by atoms with van der Waals surface area (Å²) in [5.74, 6) is 0.706.